The first-order valence-corrected chi connectivity index (χ1v) is 5.82. The number of anilines is 1. The molecule has 0 aliphatic heterocycles. The topological polar surface area (TPSA) is 85.1 Å². The van der Waals surface area contributed by atoms with Crippen LogP contribution in [-0.2, 0) is 0 Å². The van der Waals surface area contributed by atoms with Crippen LogP contribution in [0.15, 0.2) is 30.5 Å². The largest absolute Gasteiger partial charge is 0.316 e. The number of rotatable bonds is 3. The van der Waals surface area contributed by atoms with Crippen LogP contribution in [-0.4, -0.2) is 15.8 Å². The number of carbonyl (C=O) groups is 1. The predicted octanol–water partition coefficient (Wildman–Crippen LogP) is 3.17. The fourth-order valence-electron chi connectivity index (χ4n) is 1.53. The number of nitrogens with one attached hydrogen (secondary N) is 1. The summed E-state index contributed by atoms with van der Waals surface area (Å²) >= 11 is 5.65. The Morgan fingerprint density at radius 2 is 2.00 bits per heavy atom. The molecule has 1 heterocycles. The molecule has 6 nitrogen and oxygen atoms in total. The molecule has 2 aromatic rings. The highest BCUT2D eigenvalue weighted by Gasteiger charge is 2.19. The van der Waals surface area contributed by atoms with E-state index in [-0.39, 0.29) is 16.4 Å². The minimum Gasteiger partial charge on any atom is -0.316 e. The van der Waals surface area contributed by atoms with Gasteiger partial charge in [-0.3, -0.25) is 14.9 Å². The second-order valence-corrected chi connectivity index (χ2v) is 4.22. The number of benzene rings is 1. The third-order valence-electron chi connectivity index (χ3n) is 2.46. The highest BCUT2D eigenvalue weighted by Crippen LogP contribution is 2.26. The van der Waals surface area contributed by atoms with Crippen molar-refractivity contribution in [2.45, 2.75) is 0 Å². The van der Waals surface area contributed by atoms with Crippen molar-refractivity contribution in [2.24, 2.45) is 0 Å². The molecule has 21 heavy (non-hydrogen) atoms. The molecule has 108 valence electrons. The molecule has 0 fully saturated rings. The number of hydrogen-bond donors (Lipinski definition) is 1. The molecule has 0 aliphatic carbocycles. The lowest BCUT2D eigenvalue weighted by Gasteiger charge is -2.07. The lowest BCUT2D eigenvalue weighted by molar-refractivity contribution is -0.384. The number of carbonyl (C=O) groups excluding carboxylic acids is 1. The number of nitro benzene ring substituents is 1. The highest BCUT2D eigenvalue weighted by molar-refractivity contribution is 6.33. The number of aromatic nitrogens is 1. The minimum absolute atomic E-state index is 0.244. The van der Waals surface area contributed by atoms with E-state index in [0.717, 1.165) is 24.4 Å². The second-order valence-electron chi connectivity index (χ2n) is 3.86. The minimum atomic E-state index is -0.901. The van der Waals surface area contributed by atoms with Gasteiger partial charge in [0.05, 0.1) is 22.7 Å². The van der Waals surface area contributed by atoms with Gasteiger partial charge in [-0.2, -0.15) is 0 Å². The Balaban J connectivity index is 2.36. The number of amides is 1. The zero-order valence-corrected chi connectivity index (χ0v) is 10.9. The van der Waals surface area contributed by atoms with E-state index in [1.807, 2.05) is 0 Å². The standard InChI is InChI=1S/C12H6ClF2N3O3/c13-11-8(3-7(15)5-16-11)12(19)17-9-2-1-6(14)4-10(9)18(20)21/h1-5H,(H,17,19). The smallest absolute Gasteiger partial charge is 0.295 e. The van der Waals surface area contributed by atoms with E-state index in [1.54, 1.807) is 0 Å². The molecule has 2 rings (SSSR count). The first-order chi connectivity index (χ1) is 9.88. The summed E-state index contributed by atoms with van der Waals surface area (Å²) in [6.45, 7) is 0. The van der Waals surface area contributed by atoms with Crippen molar-refractivity contribution >= 4 is 28.9 Å². The van der Waals surface area contributed by atoms with Gasteiger partial charge in [0.25, 0.3) is 11.6 Å². The summed E-state index contributed by atoms with van der Waals surface area (Å²) in [5.74, 6) is -2.52. The number of halogens is 3. The van der Waals surface area contributed by atoms with Crippen LogP contribution in [0.3, 0.4) is 0 Å². The number of nitro groups is 1. The Morgan fingerprint density at radius 3 is 2.67 bits per heavy atom. The summed E-state index contributed by atoms with van der Waals surface area (Å²) in [7, 11) is 0. The van der Waals surface area contributed by atoms with E-state index < -0.39 is 28.2 Å². The van der Waals surface area contributed by atoms with Gasteiger partial charge in [-0.05, 0) is 18.2 Å². The molecule has 9 heteroatoms. The third-order valence-corrected chi connectivity index (χ3v) is 2.76. The summed E-state index contributed by atoms with van der Waals surface area (Å²) < 4.78 is 26.0. The van der Waals surface area contributed by atoms with Gasteiger partial charge < -0.3 is 5.32 Å². The van der Waals surface area contributed by atoms with Crippen molar-refractivity contribution in [1.29, 1.82) is 0 Å². The summed E-state index contributed by atoms with van der Waals surface area (Å²) in [6.07, 6.45) is 0.819. The fourth-order valence-corrected chi connectivity index (χ4v) is 1.72. The zero-order valence-electron chi connectivity index (χ0n) is 10.1. The van der Waals surface area contributed by atoms with Crippen molar-refractivity contribution < 1.29 is 18.5 Å². The second kappa shape index (κ2) is 5.80. The van der Waals surface area contributed by atoms with Gasteiger partial charge in [0.1, 0.15) is 22.5 Å². The van der Waals surface area contributed by atoms with Crippen molar-refractivity contribution in [3.63, 3.8) is 0 Å². The van der Waals surface area contributed by atoms with Crippen molar-refractivity contribution in [1.82, 2.24) is 4.98 Å². The molecule has 0 aliphatic rings. The summed E-state index contributed by atoms with van der Waals surface area (Å²) in [4.78, 5) is 25.3. The van der Waals surface area contributed by atoms with Gasteiger partial charge >= 0.3 is 0 Å². The molecule has 1 aromatic carbocycles. The van der Waals surface area contributed by atoms with E-state index in [0.29, 0.717) is 6.07 Å². The van der Waals surface area contributed by atoms with E-state index in [4.69, 9.17) is 11.6 Å². The van der Waals surface area contributed by atoms with Gasteiger partial charge in [0.2, 0.25) is 0 Å². The van der Waals surface area contributed by atoms with E-state index in [1.165, 1.54) is 0 Å². The number of hydrogen-bond acceptors (Lipinski definition) is 4. The van der Waals surface area contributed by atoms with Crippen LogP contribution in [0.4, 0.5) is 20.2 Å². The average molecular weight is 314 g/mol. The van der Waals surface area contributed by atoms with Crippen molar-refractivity contribution in [2.75, 3.05) is 5.32 Å². The molecule has 0 spiro atoms. The van der Waals surface area contributed by atoms with Gasteiger partial charge in [0.15, 0.2) is 0 Å². The van der Waals surface area contributed by atoms with Crippen LogP contribution in [0.5, 0.6) is 0 Å². The van der Waals surface area contributed by atoms with E-state index in [2.05, 4.69) is 10.3 Å². The Kier molecular flexibility index (Phi) is 4.08. The monoisotopic (exact) mass is 313 g/mol. The summed E-state index contributed by atoms with van der Waals surface area (Å²) in [6, 6.07) is 3.45. The molecule has 0 saturated heterocycles. The maximum absolute atomic E-state index is 13.0. The Labute approximate surface area is 121 Å². The molecule has 0 atom stereocenters. The normalized spacial score (nSPS) is 10.2. The zero-order chi connectivity index (χ0) is 15.6. The Bertz CT molecular complexity index is 740. The number of pyridine rings is 1. The fraction of sp³-hybridized carbons (Fsp3) is 0. The van der Waals surface area contributed by atoms with Crippen LogP contribution in [0.1, 0.15) is 10.4 Å². The average Bonchev–Trinajstić information content (AvgIpc) is 2.43. The van der Waals surface area contributed by atoms with Crippen LogP contribution in [0.2, 0.25) is 5.15 Å². The van der Waals surface area contributed by atoms with Gasteiger partial charge in [-0.15, -0.1) is 0 Å². The highest BCUT2D eigenvalue weighted by atomic mass is 35.5. The van der Waals surface area contributed by atoms with Crippen LogP contribution in [0.25, 0.3) is 0 Å². The van der Waals surface area contributed by atoms with E-state index >= 15 is 0 Å². The molecule has 0 unspecified atom stereocenters. The quantitative estimate of drug-likeness (QED) is 0.536. The van der Waals surface area contributed by atoms with Gasteiger partial charge in [-0.1, -0.05) is 11.6 Å². The molecular formula is C12H6ClF2N3O3. The first kappa shape index (κ1) is 14.8. The molecule has 1 amide bonds. The lowest BCUT2D eigenvalue weighted by atomic mass is 10.2. The van der Waals surface area contributed by atoms with Crippen molar-refractivity contribution in [3.8, 4) is 0 Å². The lowest BCUT2D eigenvalue weighted by Crippen LogP contribution is -2.14. The molecule has 1 N–H and O–H groups in total. The molecule has 0 saturated carbocycles. The molecule has 0 radical (unpaired) electrons. The van der Waals surface area contributed by atoms with Crippen LogP contribution < -0.4 is 5.32 Å². The van der Waals surface area contributed by atoms with E-state index in [9.17, 15) is 23.7 Å². The first-order valence-electron chi connectivity index (χ1n) is 5.45. The third kappa shape index (κ3) is 3.29. The summed E-state index contributed by atoms with van der Waals surface area (Å²) in [5.41, 5.74) is -1.18. The van der Waals surface area contributed by atoms with Crippen LogP contribution >= 0.6 is 11.6 Å². The number of nitrogens with zero attached hydrogens (tertiary/aromatic N) is 2. The van der Waals surface area contributed by atoms with Gasteiger partial charge in [-0.25, -0.2) is 13.8 Å². The Morgan fingerprint density at radius 1 is 1.29 bits per heavy atom. The maximum Gasteiger partial charge on any atom is 0.295 e. The van der Waals surface area contributed by atoms with Crippen molar-refractivity contribution in [3.05, 3.63) is 62.9 Å². The van der Waals surface area contributed by atoms with Crippen LogP contribution in [0, 0.1) is 21.7 Å². The molecule has 0 bridgehead atoms. The maximum atomic E-state index is 13.0. The predicted molar refractivity (Wildman–Crippen MR) is 70.2 cm³/mol. The SMILES string of the molecule is O=C(Nc1ccc(F)cc1[N+](=O)[O-])c1cc(F)cnc1Cl. The Hall–Kier alpha value is -2.61. The molecular weight excluding hydrogens is 308 g/mol. The van der Waals surface area contributed by atoms with Gasteiger partial charge in [0, 0.05) is 0 Å². The summed E-state index contributed by atoms with van der Waals surface area (Å²) in [5, 5.41) is 12.7. The molecule has 1 aromatic heterocycles.